The average molecular weight is 435 g/mol. The molecule has 0 spiro atoms. The van der Waals surface area contributed by atoms with E-state index in [0.717, 1.165) is 15.5 Å². The Morgan fingerprint density at radius 3 is 1.94 bits per heavy atom. The Kier molecular flexibility index (Phi) is 4.05. The summed E-state index contributed by atoms with van der Waals surface area (Å²) >= 11 is 1.77. The molecule has 2 heterocycles. The summed E-state index contributed by atoms with van der Waals surface area (Å²) in [5, 5.41) is 17.1. The van der Waals surface area contributed by atoms with Crippen molar-refractivity contribution in [1.29, 1.82) is 5.26 Å². The molecule has 0 amide bonds. The number of benzene rings is 4. The van der Waals surface area contributed by atoms with Gasteiger partial charge in [0.2, 0.25) is 0 Å². The van der Waals surface area contributed by atoms with Crippen molar-refractivity contribution < 1.29 is 9.31 Å². The Bertz CT molecular complexity index is 1590. The molecule has 0 atom stereocenters. The lowest BCUT2D eigenvalue weighted by atomic mass is 9.77. The summed E-state index contributed by atoms with van der Waals surface area (Å²) in [6.45, 7) is 8.24. The third-order valence-electron chi connectivity index (χ3n) is 7.11. The number of rotatable bonds is 1. The van der Waals surface area contributed by atoms with Gasteiger partial charge in [-0.2, -0.15) is 5.26 Å². The van der Waals surface area contributed by atoms with E-state index in [1.165, 1.54) is 31.6 Å². The van der Waals surface area contributed by atoms with Crippen LogP contribution in [0.15, 0.2) is 60.7 Å². The van der Waals surface area contributed by atoms with Crippen LogP contribution in [0.3, 0.4) is 0 Å². The highest BCUT2D eigenvalue weighted by Crippen LogP contribution is 2.44. The highest BCUT2D eigenvalue weighted by molar-refractivity contribution is 7.28. The maximum atomic E-state index is 9.84. The number of fused-ring (bicyclic) bond motifs is 8. The molecule has 1 saturated heterocycles. The Morgan fingerprint density at radius 1 is 0.750 bits per heavy atom. The van der Waals surface area contributed by atoms with Gasteiger partial charge in [-0.05, 0) is 56.0 Å². The number of hydrogen-bond acceptors (Lipinski definition) is 4. The SMILES string of the molecule is CC1(C)OB(c2cc(C#N)cc3c2sc2c4ccccc4c4ccccc4c32)OC1(C)C. The molecule has 3 nitrogen and oxygen atoms in total. The van der Waals surface area contributed by atoms with Crippen molar-refractivity contribution in [3.63, 3.8) is 0 Å². The molecular weight excluding hydrogens is 413 g/mol. The van der Waals surface area contributed by atoms with E-state index >= 15 is 0 Å². The van der Waals surface area contributed by atoms with Gasteiger partial charge in [-0.1, -0.05) is 48.5 Å². The molecule has 1 aromatic heterocycles. The molecule has 4 aromatic carbocycles. The van der Waals surface area contributed by atoms with E-state index in [1.54, 1.807) is 11.3 Å². The lowest BCUT2D eigenvalue weighted by molar-refractivity contribution is 0.00578. The summed E-state index contributed by atoms with van der Waals surface area (Å²) in [4.78, 5) is 0. The predicted octanol–water partition coefficient (Wildman–Crippen LogP) is 6.53. The van der Waals surface area contributed by atoms with Crippen LogP contribution in [0, 0.1) is 11.3 Å². The van der Waals surface area contributed by atoms with Crippen LogP contribution in [0.2, 0.25) is 0 Å². The quantitative estimate of drug-likeness (QED) is 0.222. The summed E-state index contributed by atoms with van der Waals surface area (Å²) in [6, 6.07) is 23.4. The third-order valence-corrected chi connectivity index (χ3v) is 8.40. The summed E-state index contributed by atoms with van der Waals surface area (Å²) in [5.41, 5.74) is 0.678. The molecule has 0 bridgehead atoms. The monoisotopic (exact) mass is 435 g/mol. The fraction of sp³-hybridized carbons (Fsp3) is 0.222. The largest absolute Gasteiger partial charge is 0.496 e. The smallest absolute Gasteiger partial charge is 0.399 e. The molecule has 6 rings (SSSR count). The highest BCUT2D eigenvalue weighted by atomic mass is 32.1. The normalized spacial score (nSPS) is 17.5. The first kappa shape index (κ1) is 19.8. The molecule has 0 unspecified atom stereocenters. The van der Waals surface area contributed by atoms with Crippen molar-refractivity contribution in [2.75, 3.05) is 0 Å². The van der Waals surface area contributed by atoms with Crippen LogP contribution in [0.1, 0.15) is 33.3 Å². The Labute approximate surface area is 191 Å². The Hall–Kier alpha value is -2.91. The molecular formula is C27H22BNO2S. The van der Waals surface area contributed by atoms with Crippen molar-refractivity contribution in [2.45, 2.75) is 38.9 Å². The maximum Gasteiger partial charge on any atom is 0.496 e. The molecule has 1 fully saturated rings. The fourth-order valence-corrected chi connectivity index (χ4v) is 6.10. The lowest BCUT2D eigenvalue weighted by Gasteiger charge is -2.32. The van der Waals surface area contributed by atoms with E-state index in [0.29, 0.717) is 5.56 Å². The highest BCUT2D eigenvalue weighted by Gasteiger charge is 2.52. The summed E-state index contributed by atoms with van der Waals surface area (Å²) < 4.78 is 15.2. The molecule has 0 radical (unpaired) electrons. The zero-order valence-electron chi connectivity index (χ0n) is 18.5. The van der Waals surface area contributed by atoms with E-state index in [9.17, 15) is 5.26 Å². The topological polar surface area (TPSA) is 42.2 Å². The van der Waals surface area contributed by atoms with Crippen LogP contribution in [0.5, 0.6) is 0 Å². The van der Waals surface area contributed by atoms with Gasteiger partial charge in [0.1, 0.15) is 0 Å². The number of hydrogen-bond donors (Lipinski definition) is 0. The van der Waals surface area contributed by atoms with Crippen molar-refractivity contribution in [2.24, 2.45) is 0 Å². The fourth-order valence-electron chi connectivity index (χ4n) is 4.74. The molecule has 5 heteroatoms. The van der Waals surface area contributed by atoms with Crippen molar-refractivity contribution in [1.82, 2.24) is 0 Å². The first-order valence-electron chi connectivity index (χ1n) is 10.9. The molecule has 1 aliphatic heterocycles. The first-order valence-corrected chi connectivity index (χ1v) is 11.7. The molecule has 156 valence electrons. The molecule has 0 aliphatic carbocycles. The predicted molar refractivity (Wildman–Crippen MR) is 135 cm³/mol. The van der Waals surface area contributed by atoms with Gasteiger partial charge in [0.25, 0.3) is 0 Å². The summed E-state index contributed by atoms with van der Waals surface area (Å²) in [7, 11) is -0.513. The third kappa shape index (κ3) is 2.61. The van der Waals surface area contributed by atoms with Crippen LogP contribution < -0.4 is 5.46 Å². The number of nitrogens with zero attached hydrogens (tertiary/aromatic N) is 1. The number of nitriles is 1. The van der Waals surface area contributed by atoms with Crippen molar-refractivity contribution in [3.8, 4) is 6.07 Å². The summed E-state index contributed by atoms with van der Waals surface area (Å²) in [6.07, 6.45) is 0. The molecule has 5 aromatic rings. The zero-order valence-corrected chi connectivity index (χ0v) is 19.3. The molecule has 0 N–H and O–H groups in total. The van der Waals surface area contributed by atoms with Gasteiger partial charge in [0.15, 0.2) is 0 Å². The summed E-state index contributed by atoms with van der Waals surface area (Å²) in [5.74, 6) is 0. The van der Waals surface area contributed by atoms with Gasteiger partial charge >= 0.3 is 7.12 Å². The van der Waals surface area contributed by atoms with E-state index < -0.39 is 18.3 Å². The minimum absolute atomic E-state index is 0.442. The second-order valence-electron chi connectivity index (χ2n) is 9.54. The lowest BCUT2D eigenvalue weighted by Crippen LogP contribution is -2.41. The van der Waals surface area contributed by atoms with Crippen LogP contribution in [-0.4, -0.2) is 18.3 Å². The van der Waals surface area contributed by atoms with Gasteiger partial charge in [-0.25, -0.2) is 0 Å². The van der Waals surface area contributed by atoms with E-state index in [2.05, 4.69) is 82.3 Å². The van der Waals surface area contributed by atoms with E-state index in [-0.39, 0.29) is 0 Å². The standard InChI is InChI=1S/C27H22BNO2S/c1-26(2)27(3,4)31-28(30-26)22-14-16(15-29)13-21-23-19-11-7-5-9-17(19)18-10-6-8-12-20(18)25(23)32-24(21)22/h5-14H,1-4H3. The van der Waals surface area contributed by atoms with E-state index in [1.807, 2.05) is 12.1 Å². The number of thiophene rings is 1. The Morgan fingerprint density at radius 2 is 1.31 bits per heavy atom. The van der Waals surface area contributed by atoms with Crippen molar-refractivity contribution >= 4 is 65.6 Å². The van der Waals surface area contributed by atoms with E-state index in [4.69, 9.17) is 9.31 Å². The van der Waals surface area contributed by atoms with Crippen LogP contribution in [-0.2, 0) is 9.31 Å². The minimum Gasteiger partial charge on any atom is -0.399 e. The van der Waals surface area contributed by atoms with Gasteiger partial charge in [0, 0.05) is 31.0 Å². The van der Waals surface area contributed by atoms with Crippen LogP contribution >= 0.6 is 11.3 Å². The minimum atomic E-state index is -0.513. The van der Waals surface area contributed by atoms with Gasteiger partial charge < -0.3 is 9.31 Å². The first-order chi connectivity index (χ1) is 15.3. The van der Waals surface area contributed by atoms with Gasteiger partial charge in [-0.15, -0.1) is 11.3 Å². The molecule has 0 saturated carbocycles. The maximum absolute atomic E-state index is 9.84. The molecule has 32 heavy (non-hydrogen) atoms. The molecule has 1 aliphatic rings. The van der Waals surface area contributed by atoms with Crippen LogP contribution in [0.25, 0.3) is 41.7 Å². The average Bonchev–Trinajstić information content (AvgIpc) is 3.27. The van der Waals surface area contributed by atoms with Crippen molar-refractivity contribution in [3.05, 3.63) is 66.2 Å². The van der Waals surface area contributed by atoms with Crippen LogP contribution in [0.4, 0.5) is 0 Å². The second kappa shape index (κ2) is 6.55. The second-order valence-corrected chi connectivity index (χ2v) is 10.6. The zero-order chi connectivity index (χ0) is 22.3. The van der Waals surface area contributed by atoms with Gasteiger partial charge in [-0.3, -0.25) is 0 Å². The Balaban J connectivity index is 1.77. The van der Waals surface area contributed by atoms with Gasteiger partial charge in [0.05, 0.1) is 22.8 Å².